The van der Waals surface area contributed by atoms with E-state index in [0.29, 0.717) is 5.96 Å². The summed E-state index contributed by atoms with van der Waals surface area (Å²) in [5, 5.41) is 4.34. The molecule has 0 amide bonds. The van der Waals surface area contributed by atoms with Gasteiger partial charge in [-0.2, -0.15) is 5.10 Å². The van der Waals surface area contributed by atoms with Crippen LogP contribution in [0.2, 0.25) is 0 Å². The predicted molar refractivity (Wildman–Crippen MR) is 81.7 cm³/mol. The third-order valence-corrected chi connectivity index (χ3v) is 4.28. The zero-order valence-corrected chi connectivity index (χ0v) is 13.0. The third-order valence-electron chi connectivity index (χ3n) is 4.28. The highest BCUT2D eigenvalue weighted by molar-refractivity contribution is 5.80. The SMILES string of the molecule is CCN(CC)CCN1C(N)=NCC1c1cnn(C)c1C. The first-order valence-corrected chi connectivity index (χ1v) is 7.35. The summed E-state index contributed by atoms with van der Waals surface area (Å²) >= 11 is 0. The van der Waals surface area contributed by atoms with Gasteiger partial charge >= 0.3 is 0 Å². The lowest BCUT2D eigenvalue weighted by atomic mass is 10.1. The smallest absolute Gasteiger partial charge is 0.191 e. The van der Waals surface area contributed by atoms with Crippen molar-refractivity contribution in [3.63, 3.8) is 0 Å². The molecule has 1 unspecified atom stereocenters. The molecular formula is C14H26N6. The second kappa shape index (κ2) is 6.26. The van der Waals surface area contributed by atoms with Gasteiger partial charge in [-0.1, -0.05) is 13.8 Å². The van der Waals surface area contributed by atoms with Gasteiger partial charge in [0.25, 0.3) is 0 Å². The Labute approximate surface area is 121 Å². The van der Waals surface area contributed by atoms with Crippen LogP contribution in [-0.2, 0) is 7.05 Å². The Morgan fingerprint density at radius 2 is 2.10 bits per heavy atom. The van der Waals surface area contributed by atoms with Crippen LogP contribution in [0.3, 0.4) is 0 Å². The summed E-state index contributed by atoms with van der Waals surface area (Å²) in [4.78, 5) is 9.03. The third kappa shape index (κ3) is 2.80. The summed E-state index contributed by atoms with van der Waals surface area (Å²) in [5.74, 6) is 0.658. The fourth-order valence-corrected chi connectivity index (χ4v) is 2.70. The quantitative estimate of drug-likeness (QED) is 0.834. The minimum absolute atomic E-state index is 0.235. The van der Waals surface area contributed by atoms with Crippen molar-refractivity contribution in [3.8, 4) is 0 Å². The second-order valence-corrected chi connectivity index (χ2v) is 5.24. The van der Waals surface area contributed by atoms with Crippen molar-refractivity contribution in [1.29, 1.82) is 0 Å². The number of aliphatic imine (C=N–C) groups is 1. The molecule has 0 spiro atoms. The Bertz CT molecular complexity index is 474. The number of hydrogen-bond donors (Lipinski definition) is 1. The molecule has 0 aliphatic carbocycles. The van der Waals surface area contributed by atoms with E-state index in [4.69, 9.17) is 5.73 Å². The maximum Gasteiger partial charge on any atom is 0.191 e. The van der Waals surface area contributed by atoms with Crippen LogP contribution < -0.4 is 5.73 Å². The van der Waals surface area contributed by atoms with Crippen LogP contribution in [0.15, 0.2) is 11.2 Å². The monoisotopic (exact) mass is 278 g/mol. The van der Waals surface area contributed by atoms with E-state index in [1.807, 2.05) is 17.9 Å². The molecule has 2 heterocycles. The Hall–Kier alpha value is -1.56. The van der Waals surface area contributed by atoms with Crippen LogP contribution in [0.25, 0.3) is 0 Å². The largest absolute Gasteiger partial charge is 0.370 e. The van der Waals surface area contributed by atoms with Gasteiger partial charge in [-0.05, 0) is 20.0 Å². The lowest BCUT2D eigenvalue weighted by Gasteiger charge is -2.29. The molecule has 1 aliphatic rings. The van der Waals surface area contributed by atoms with Gasteiger partial charge < -0.3 is 15.5 Å². The number of likely N-dealkylation sites (N-methyl/N-ethyl adjacent to an activating group) is 1. The maximum atomic E-state index is 6.06. The first-order valence-electron chi connectivity index (χ1n) is 7.35. The van der Waals surface area contributed by atoms with Gasteiger partial charge in [-0.3, -0.25) is 9.67 Å². The van der Waals surface area contributed by atoms with Crippen molar-refractivity contribution in [2.75, 3.05) is 32.7 Å². The summed E-state index contributed by atoms with van der Waals surface area (Å²) < 4.78 is 1.91. The van der Waals surface area contributed by atoms with Gasteiger partial charge in [-0.25, -0.2) is 0 Å². The first-order chi connectivity index (χ1) is 9.58. The number of aryl methyl sites for hydroxylation is 1. The van der Waals surface area contributed by atoms with Crippen LogP contribution in [-0.4, -0.2) is 58.3 Å². The van der Waals surface area contributed by atoms with Crippen molar-refractivity contribution in [3.05, 3.63) is 17.5 Å². The van der Waals surface area contributed by atoms with E-state index in [-0.39, 0.29) is 6.04 Å². The van der Waals surface area contributed by atoms with E-state index in [2.05, 4.69) is 40.7 Å². The summed E-state index contributed by atoms with van der Waals surface area (Å²) in [7, 11) is 1.97. The summed E-state index contributed by atoms with van der Waals surface area (Å²) in [6.07, 6.45) is 1.94. The summed E-state index contributed by atoms with van der Waals surface area (Å²) in [6.45, 7) is 11.3. The molecule has 6 heteroatoms. The van der Waals surface area contributed by atoms with Gasteiger partial charge in [-0.15, -0.1) is 0 Å². The second-order valence-electron chi connectivity index (χ2n) is 5.24. The normalized spacial score (nSPS) is 18.9. The molecule has 0 fully saturated rings. The number of guanidine groups is 1. The number of nitrogens with two attached hydrogens (primary N) is 1. The minimum atomic E-state index is 0.235. The zero-order chi connectivity index (χ0) is 14.7. The molecule has 1 aromatic rings. The number of aromatic nitrogens is 2. The van der Waals surface area contributed by atoms with Gasteiger partial charge in [0, 0.05) is 31.4 Å². The minimum Gasteiger partial charge on any atom is -0.370 e. The fraction of sp³-hybridized carbons (Fsp3) is 0.714. The Kier molecular flexibility index (Phi) is 4.65. The average molecular weight is 278 g/mol. The van der Waals surface area contributed by atoms with Crippen LogP contribution >= 0.6 is 0 Å². The first kappa shape index (κ1) is 14.8. The van der Waals surface area contributed by atoms with Gasteiger partial charge in [0.05, 0.1) is 18.8 Å². The van der Waals surface area contributed by atoms with Crippen LogP contribution in [0.5, 0.6) is 0 Å². The molecule has 0 bridgehead atoms. The topological polar surface area (TPSA) is 62.7 Å². The van der Waals surface area contributed by atoms with E-state index >= 15 is 0 Å². The van der Waals surface area contributed by atoms with Crippen molar-refractivity contribution < 1.29 is 0 Å². The molecule has 112 valence electrons. The molecule has 2 N–H and O–H groups in total. The van der Waals surface area contributed by atoms with E-state index in [1.165, 1.54) is 11.3 Å². The van der Waals surface area contributed by atoms with Crippen molar-refractivity contribution in [2.45, 2.75) is 26.8 Å². The molecule has 20 heavy (non-hydrogen) atoms. The molecule has 1 aliphatic heterocycles. The van der Waals surface area contributed by atoms with Crippen molar-refractivity contribution in [1.82, 2.24) is 19.6 Å². The number of rotatable bonds is 6. The molecule has 1 aromatic heterocycles. The van der Waals surface area contributed by atoms with E-state index in [9.17, 15) is 0 Å². The van der Waals surface area contributed by atoms with Gasteiger partial charge in [0.15, 0.2) is 5.96 Å². The lowest BCUT2D eigenvalue weighted by molar-refractivity contribution is 0.248. The van der Waals surface area contributed by atoms with Crippen molar-refractivity contribution >= 4 is 5.96 Å². The molecule has 0 saturated heterocycles. The van der Waals surface area contributed by atoms with Gasteiger partial charge in [0.2, 0.25) is 0 Å². The number of nitrogens with zero attached hydrogens (tertiary/aromatic N) is 5. The van der Waals surface area contributed by atoms with Crippen LogP contribution in [0.4, 0.5) is 0 Å². The van der Waals surface area contributed by atoms with Gasteiger partial charge in [0.1, 0.15) is 0 Å². The molecular weight excluding hydrogens is 252 g/mol. The average Bonchev–Trinajstić information content (AvgIpc) is 2.96. The molecule has 6 nitrogen and oxygen atoms in total. The standard InChI is InChI=1S/C14H26N6/c1-5-19(6-2)7-8-20-13(10-16-14(20)15)12-9-17-18(4)11(12)3/h9,13H,5-8,10H2,1-4H3,(H2,15,16). The predicted octanol–water partition coefficient (Wildman–Crippen LogP) is 0.742. The van der Waals surface area contributed by atoms with Crippen molar-refractivity contribution in [2.24, 2.45) is 17.8 Å². The lowest BCUT2D eigenvalue weighted by Crippen LogP contribution is -2.41. The summed E-state index contributed by atoms with van der Waals surface area (Å²) in [6, 6.07) is 0.235. The summed E-state index contributed by atoms with van der Waals surface area (Å²) in [5.41, 5.74) is 8.48. The molecule has 0 aromatic carbocycles. The van der Waals surface area contributed by atoms with Crippen LogP contribution in [0.1, 0.15) is 31.1 Å². The fourth-order valence-electron chi connectivity index (χ4n) is 2.70. The maximum absolute atomic E-state index is 6.06. The molecule has 0 saturated carbocycles. The highest BCUT2D eigenvalue weighted by Crippen LogP contribution is 2.27. The molecule has 0 radical (unpaired) electrons. The van der Waals surface area contributed by atoms with E-state index in [1.54, 1.807) is 0 Å². The zero-order valence-electron chi connectivity index (χ0n) is 13.0. The highest BCUT2D eigenvalue weighted by atomic mass is 15.3. The Morgan fingerprint density at radius 1 is 1.40 bits per heavy atom. The number of hydrogen-bond acceptors (Lipinski definition) is 5. The highest BCUT2D eigenvalue weighted by Gasteiger charge is 2.29. The Balaban J connectivity index is 2.08. The van der Waals surface area contributed by atoms with Crippen LogP contribution in [0, 0.1) is 6.92 Å². The Morgan fingerprint density at radius 3 is 2.65 bits per heavy atom. The molecule has 1 atom stereocenters. The van der Waals surface area contributed by atoms with E-state index in [0.717, 1.165) is 32.7 Å². The van der Waals surface area contributed by atoms with E-state index < -0.39 is 0 Å². The molecule has 2 rings (SSSR count).